The number of nitrogens with one attached hydrogen (secondary N) is 2. The van der Waals surface area contributed by atoms with Crippen molar-refractivity contribution in [2.24, 2.45) is 5.92 Å². The van der Waals surface area contributed by atoms with E-state index in [4.69, 9.17) is 5.11 Å². The molecule has 2 rings (SSSR count). The average molecular weight is 248 g/mol. The summed E-state index contributed by atoms with van der Waals surface area (Å²) < 4.78 is 0. The summed E-state index contributed by atoms with van der Waals surface area (Å²) in [5, 5.41) is 14.6. The molecule has 1 aliphatic carbocycles. The van der Waals surface area contributed by atoms with Crippen LogP contribution in [0.15, 0.2) is 24.3 Å². The molecule has 1 aliphatic rings. The van der Waals surface area contributed by atoms with Gasteiger partial charge in [0.2, 0.25) is 0 Å². The second-order valence-electron chi connectivity index (χ2n) is 5.05. The summed E-state index contributed by atoms with van der Waals surface area (Å²) >= 11 is 0. The molecule has 1 atom stereocenters. The lowest BCUT2D eigenvalue weighted by Crippen LogP contribution is -2.26. The van der Waals surface area contributed by atoms with Crippen LogP contribution in [0.5, 0.6) is 0 Å². The van der Waals surface area contributed by atoms with Crippen LogP contribution in [0.3, 0.4) is 0 Å². The van der Waals surface area contributed by atoms with Crippen molar-refractivity contribution in [3.63, 3.8) is 0 Å². The lowest BCUT2D eigenvalue weighted by Gasteiger charge is -2.15. The molecule has 0 aliphatic heterocycles. The lowest BCUT2D eigenvalue weighted by atomic mass is 10.1. The van der Waals surface area contributed by atoms with Gasteiger partial charge in [0.15, 0.2) is 0 Å². The van der Waals surface area contributed by atoms with Crippen molar-refractivity contribution < 1.29 is 9.90 Å². The van der Waals surface area contributed by atoms with Gasteiger partial charge in [-0.1, -0.05) is 31.0 Å². The first-order valence-corrected chi connectivity index (χ1v) is 6.46. The molecule has 0 saturated heterocycles. The van der Waals surface area contributed by atoms with Crippen LogP contribution in [0.25, 0.3) is 0 Å². The molecule has 1 unspecified atom stereocenters. The van der Waals surface area contributed by atoms with Gasteiger partial charge in [0.25, 0.3) is 0 Å². The topological polar surface area (TPSA) is 61.4 Å². The minimum absolute atomic E-state index is 0.482. The van der Waals surface area contributed by atoms with Gasteiger partial charge in [-0.3, -0.25) is 5.32 Å². The van der Waals surface area contributed by atoms with E-state index in [9.17, 15) is 4.79 Å². The molecule has 1 saturated carbocycles. The first-order chi connectivity index (χ1) is 8.65. The molecule has 0 aromatic heterocycles. The molecule has 1 aromatic rings. The molecule has 0 heterocycles. The lowest BCUT2D eigenvalue weighted by molar-refractivity contribution is 0.209. The molecular weight excluding hydrogens is 228 g/mol. The van der Waals surface area contributed by atoms with Gasteiger partial charge in [0, 0.05) is 18.3 Å². The Balaban J connectivity index is 1.88. The van der Waals surface area contributed by atoms with Crippen LogP contribution in [0, 0.1) is 5.92 Å². The molecular formula is C14H20N2O2. The summed E-state index contributed by atoms with van der Waals surface area (Å²) in [6.07, 6.45) is 2.93. The fourth-order valence-corrected chi connectivity index (χ4v) is 2.13. The Morgan fingerprint density at radius 1 is 1.44 bits per heavy atom. The SMILES string of the molecule is CC(CC1CC1)NCc1ccccc1NC(=O)O. The monoisotopic (exact) mass is 248 g/mol. The van der Waals surface area contributed by atoms with Crippen molar-refractivity contribution in [1.82, 2.24) is 5.32 Å². The molecule has 0 radical (unpaired) electrons. The molecule has 1 fully saturated rings. The van der Waals surface area contributed by atoms with E-state index >= 15 is 0 Å². The summed E-state index contributed by atoms with van der Waals surface area (Å²) in [4.78, 5) is 10.7. The maximum Gasteiger partial charge on any atom is 0.409 e. The van der Waals surface area contributed by atoms with E-state index in [1.165, 1.54) is 19.3 Å². The smallest absolute Gasteiger partial charge is 0.409 e. The quantitative estimate of drug-likeness (QED) is 0.725. The van der Waals surface area contributed by atoms with Gasteiger partial charge >= 0.3 is 6.09 Å². The van der Waals surface area contributed by atoms with Crippen molar-refractivity contribution >= 4 is 11.8 Å². The van der Waals surface area contributed by atoms with Gasteiger partial charge in [-0.2, -0.15) is 0 Å². The zero-order valence-electron chi connectivity index (χ0n) is 10.6. The summed E-state index contributed by atoms with van der Waals surface area (Å²) in [6, 6.07) is 7.98. The number of amides is 1. The van der Waals surface area contributed by atoms with Crippen LogP contribution >= 0.6 is 0 Å². The van der Waals surface area contributed by atoms with Crippen molar-refractivity contribution in [3.8, 4) is 0 Å². The Kier molecular flexibility index (Phi) is 4.20. The molecule has 0 bridgehead atoms. The summed E-state index contributed by atoms with van der Waals surface area (Å²) in [7, 11) is 0. The fourth-order valence-electron chi connectivity index (χ4n) is 2.13. The molecule has 4 heteroatoms. The van der Waals surface area contributed by atoms with Gasteiger partial charge < -0.3 is 10.4 Å². The van der Waals surface area contributed by atoms with Crippen LogP contribution in [-0.2, 0) is 6.54 Å². The summed E-state index contributed by atoms with van der Waals surface area (Å²) in [5.74, 6) is 0.903. The molecule has 1 aromatic carbocycles. The van der Waals surface area contributed by atoms with E-state index in [-0.39, 0.29) is 0 Å². The van der Waals surface area contributed by atoms with Gasteiger partial charge in [-0.05, 0) is 30.9 Å². The standard InChI is InChI=1S/C14H20N2O2/c1-10(8-11-6-7-11)15-9-12-4-2-3-5-13(12)16-14(17)18/h2-5,10-11,15-16H,6-9H2,1H3,(H,17,18). The summed E-state index contributed by atoms with van der Waals surface area (Å²) in [6.45, 7) is 2.88. The van der Waals surface area contributed by atoms with Crippen LogP contribution < -0.4 is 10.6 Å². The third kappa shape index (κ3) is 4.04. The fraction of sp³-hybridized carbons (Fsp3) is 0.500. The van der Waals surface area contributed by atoms with Crippen LogP contribution in [0.2, 0.25) is 0 Å². The Labute approximate surface area is 107 Å². The van der Waals surface area contributed by atoms with Crippen LogP contribution in [-0.4, -0.2) is 17.2 Å². The van der Waals surface area contributed by atoms with Crippen LogP contribution in [0.4, 0.5) is 10.5 Å². The average Bonchev–Trinajstić information content (AvgIpc) is 3.11. The van der Waals surface area contributed by atoms with E-state index in [1.807, 2.05) is 18.2 Å². The number of hydrogen-bond acceptors (Lipinski definition) is 2. The minimum Gasteiger partial charge on any atom is -0.465 e. The van der Waals surface area contributed by atoms with Crippen molar-refractivity contribution in [3.05, 3.63) is 29.8 Å². The first kappa shape index (κ1) is 12.9. The Morgan fingerprint density at radius 2 is 2.17 bits per heavy atom. The zero-order valence-corrected chi connectivity index (χ0v) is 10.6. The summed E-state index contributed by atoms with van der Waals surface area (Å²) in [5.41, 5.74) is 1.65. The number of anilines is 1. The number of rotatable bonds is 6. The highest BCUT2D eigenvalue weighted by molar-refractivity contribution is 5.83. The number of benzene rings is 1. The van der Waals surface area contributed by atoms with E-state index in [2.05, 4.69) is 17.6 Å². The third-order valence-electron chi connectivity index (χ3n) is 3.28. The Morgan fingerprint density at radius 3 is 2.83 bits per heavy atom. The number of hydrogen-bond donors (Lipinski definition) is 3. The second kappa shape index (κ2) is 5.87. The molecule has 0 spiro atoms. The highest BCUT2D eigenvalue weighted by atomic mass is 16.4. The first-order valence-electron chi connectivity index (χ1n) is 6.46. The van der Waals surface area contributed by atoms with Gasteiger partial charge in [-0.25, -0.2) is 4.79 Å². The maximum atomic E-state index is 10.7. The van der Waals surface area contributed by atoms with Gasteiger partial charge in [0.05, 0.1) is 0 Å². The predicted octanol–water partition coefficient (Wildman–Crippen LogP) is 3.05. The van der Waals surface area contributed by atoms with E-state index in [1.54, 1.807) is 6.07 Å². The normalized spacial score (nSPS) is 16.3. The highest BCUT2D eigenvalue weighted by Gasteiger charge is 2.23. The zero-order chi connectivity index (χ0) is 13.0. The second-order valence-corrected chi connectivity index (χ2v) is 5.05. The molecule has 3 N–H and O–H groups in total. The predicted molar refractivity (Wildman–Crippen MR) is 71.7 cm³/mol. The Hall–Kier alpha value is -1.55. The minimum atomic E-state index is -1.02. The van der Waals surface area contributed by atoms with Crippen molar-refractivity contribution in [2.75, 3.05) is 5.32 Å². The van der Waals surface area contributed by atoms with Gasteiger partial charge in [-0.15, -0.1) is 0 Å². The number of carbonyl (C=O) groups is 1. The van der Waals surface area contributed by atoms with E-state index in [0.717, 1.165) is 11.5 Å². The number of para-hydroxylation sites is 1. The van der Waals surface area contributed by atoms with E-state index in [0.29, 0.717) is 18.3 Å². The largest absolute Gasteiger partial charge is 0.465 e. The van der Waals surface area contributed by atoms with E-state index < -0.39 is 6.09 Å². The van der Waals surface area contributed by atoms with Gasteiger partial charge in [0.1, 0.15) is 0 Å². The van der Waals surface area contributed by atoms with Crippen molar-refractivity contribution in [1.29, 1.82) is 0 Å². The Bertz CT molecular complexity index is 416. The molecule has 1 amide bonds. The molecule has 98 valence electrons. The van der Waals surface area contributed by atoms with Crippen LogP contribution in [0.1, 0.15) is 31.7 Å². The van der Waals surface area contributed by atoms with Crippen molar-refractivity contribution in [2.45, 2.75) is 38.8 Å². The number of carboxylic acid groups (broad SMARTS) is 1. The maximum absolute atomic E-state index is 10.7. The molecule has 4 nitrogen and oxygen atoms in total. The molecule has 18 heavy (non-hydrogen) atoms. The highest BCUT2D eigenvalue weighted by Crippen LogP contribution is 2.33. The third-order valence-corrected chi connectivity index (χ3v) is 3.28.